The number of nitrogens with one attached hydrogen (secondary N) is 2. The summed E-state index contributed by atoms with van der Waals surface area (Å²) in [6, 6.07) is 18.9. The van der Waals surface area contributed by atoms with Crippen LogP contribution < -0.4 is 16.4 Å². The molecular formula is C28H29FN6O2. The van der Waals surface area contributed by atoms with Crippen LogP contribution in [-0.4, -0.2) is 53.9 Å². The Balaban J connectivity index is 1.54. The van der Waals surface area contributed by atoms with Gasteiger partial charge in [0.05, 0.1) is 22.9 Å². The van der Waals surface area contributed by atoms with Crippen LogP contribution in [0.2, 0.25) is 0 Å². The summed E-state index contributed by atoms with van der Waals surface area (Å²) in [4.78, 5) is 31.7. The number of hydrogen-bond donors (Lipinski definition) is 3. The zero-order valence-corrected chi connectivity index (χ0v) is 20.4. The second-order valence-corrected chi connectivity index (χ2v) is 8.84. The fourth-order valence-corrected chi connectivity index (χ4v) is 4.51. The molecule has 9 heteroatoms. The van der Waals surface area contributed by atoms with E-state index in [1.54, 1.807) is 41.3 Å². The minimum Gasteiger partial charge on any atom is -0.369 e. The number of rotatable bonds is 10. The SMILES string of the molecule is N#Cc1ccccc1-c1ccc(C(=O)NC[C@@H]2CCC(=O)N2CCN)c(NCCc2cccc(F)c2)n1. The number of benzene rings is 2. The molecule has 0 unspecified atom stereocenters. The van der Waals surface area contributed by atoms with Crippen molar-refractivity contribution in [1.82, 2.24) is 15.2 Å². The summed E-state index contributed by atoms with van der Waals surface area (Å²) in [5.74, 6) is -0.222. The predicted octanol–water partition coefficient (Wildman–Crippen LogP) is 3.09. The molecule has 1 fully saturated rings. The summed E-state index contributed by atoms with van der Waals surface area (Å²) >= 11 is 0. The first-order chi connectivity index (χ1) is 18.0. The van der Waals surface area contributed by atoms with Crippen LogP contribution in [0, 0.1) is 17.1 Å². The summed E-state index contributed by atoms with van der Waals surface area (Å²) in [6.45, 7) is 1.56. The molecule has 2 heterocycles. The van der Waals surface area contributed by atoms with Crippen LogP contribution in [0.4, 0.5) is 10.2 Å². The van der Waals surface area contributed by atoms with Crippen molar-refractivity contribution >= 4 is 17.6 Å². The van der Waals surface area contributed by atoms with E-state index in [0.717, 1.165) is 5.56 Å². The van der Waals surface area contributed by atoms with E-state index < -0.39 is 0 Å². The summed E-state index contributed by atoms with van der Waals surface area (Å²) in [6.07, 6.45) is 1.64. The minimum absolute atomic E-state index is 0.0478. The lowest BCUT2D eigenvalue weighted by Gasteiger charge is -2.24. The number of nitrogens with zero attached hydrogens (tertiary/aromatic N) is 3. The lowest BCUT2D eigenvalue weighted by atomic mass is 10.0. The molecule has 0 spiro atoms. The van der Waals surface area contributed by atoms with Crippen molar-refractivity contribution in [3.8, 4) is 17.3 Å². The number of carbonyl (C=O) groups is 2. The van der Waals surface area contributed by atoms with Crippen molar-refractivity contribution < 1.29 is 14.0 Å². The zero-order chi connectivity index (χ0) is 26.2. The van der Waals surface area contributed by atoms with Gasteiger partial charge in [-0.15, -0.1) is 0 Å². The number of nitriles is 1. The van der Waals surface area contributed by atoms with Gasteiger partial charge in [-0.2, -0.15) is 5.26 Å². The second kappa shape index (κ2) is 12.1. The summed E-state index contributed by atoms with van der Waals surface area (Å²) < 4.78 is 13.6. The third-order valence-corrected chi connectivity index (χ3v) is 6.38. The predicted molar refractivity (Wildman–Crippen MR) is 139 cm³/mol. The van der Waals surface area contributed by atoms with Gasteiger partial charge in [0.15, 0.2) is 0 Å². The molecule has 8 nitrogen and oxygen atoms in total. The van der Waals surface area contributed by atoms with E-state index in [-0.39, 0.29) is 23.7 Å². The van der Waals surface area contributed by atoms with E-state index in [9.17, 15) is 19.2 Å². The highest BCUT2D eigenvalue weighted by atomic mass is 19.1. The Hall–Kier alpha value is -4.29. The molecule has 4 rings (SSSR count). The molecule has 4 N–H and O–H groups in total. The molecule has 1 aromatic heterocycles. The maximum atomic E-state index is 13.6. The first kappa shape index (κ1) is 25.8. The van der Waals surface area contributed by atoms with E-state index in [0.29, 0.717) is 73.6 Å². The molecule has 2 amide bonds. The van der Waals surface area contributed by atoms with Crippen LogP contribution >= 0.6 is 0 Å². The van der Waals surface area contributed by atoms with E-state index in [1.807, 2.05) is 12.1 Å². The van der Waals surface area contributed by atoms with Crippen molar-refractivity contribution in [2.24, 2.45) is 5.73 Å². The molecule has 0 radical (unpaired) electrons. The van der Waals surface area contributed by atoms with Gasteiger partial charge in [-0.25, -0.2) is 9.37 Å². The fraction of sp³-hybridized carbons (Fsp3) is 0.286. The van der Waals surface area contributed by atoms with Gasteiger partial charge in [0, 0.05) is 44.2 Å². The lowest BCUT2D eigenvalue weighted by Crippen LogP contribution is -2.43. The number of likely N-dealkylation sites (tertiary alicyclic amines) is 1. The Morgan fingerprint density at radius 3 is 2.81 bits per heavy atom. The number of halogens is 1. The van der Waals surface area contributed by atoms with Gasteiger partial charge in [0.1, 0.15) is 11.6 Å². The van der Waals surface area contributed by atoms with Crippen LogP contribution in [0.3, 0.4) is 0 Å². The van der Waals surface area contributed by atoms with Crippen LogP contribution in [-0.2, 0) is 11.2 Å². The summed E-state index contributed by atoms with van der Waals surface area (Å²) in [7, 11) is 0. The molecule has 1 aliphatic rings. The Kier molecular flexibility index (Phi) is 8.44. The number of aromatic nitrogens is 1. The molecule has 1 saturated heterocycles. The first-order valence-electron chi connectivity index (χ1n) is 12.3. The van der Waals surface area contributed by atoms with Gasteiger partial charge >= 0.3 is 0 Å². The normalized spacial score (nSPS) is 14.9. The fourth-order valence-electron chi connectivity index (χ4n) is 4.51. The van der Waals surface area contributed by atoms with E-state index in [1.165, 1.54) is 12.1 Å². The van der Waals surface area contributed by atoms with E-state index >= 15 is 0 Å². The van der Waals surface area contributed by atoms with Crippen LogP contribution in [0.25, 0.3) is 11.3 Å². The Bertz CT molecular complexity index is 1320. The smallest absolute Gasteiger partial charge is 0.255 e. The molecule has 37 heavy (non-hydrogen) atoms. The van der Waals surface area contributed by atoms with Gasteiger partial charge < -0.3 is 21.3 Å². The second-order valence-electron chi connectivity index (χ2n) is 8.84. The first-order valence-corrected chi connectivity index (χ1v) is 12.3. The number of anilines is 1. The van der Waals surface area contributed by atoms with Crippen molar-refractivity contribution in [2.45, 2.75) is 25.3 Å². The molecule has 2 aromatic carbocycles. The zero-order valence-electron chi connectivity index (χ0n) is 20.4. The quantitative estimate of drug-likeness (QED) is 0.393. The molecule has 0 aliphatic carbocycles. The van der Waals surface area contributed by atoms with Crippen molar-refractivity contribution in [1.29, 1.82) is 5.26 Å². The largest absolute Gasteiger partial charge is 0.369 e. The maximum Gasteiger partial charge on any atom is 0.255 e. The standard InChI is InChI=1S/C28H29FN6O2/c29-21-6-3-4-19(16-21)12-14-32-27-24(9-10-25(34-27)23-7-2-1-5-20(23)17-31)28(37)33-18-22-8-11-26(36)35(22)15-13-30/h1-7,9-10,16,22H,8,11-15,18,30H2,(H,32,34)(H,33,37)/t22-/m0/s1. The van der Waals surface area contributed by atoms with Gasteiger partial charge in [-0.1, -0.05) is 30.3 Å². The molecule has 1 aliphatic heterocycles. The molecule has 3 aromatic rings. The number of hydrogen-bond acceptors (Lipinski definition) is 6. The van der Waals surface area contributed by atoms with E-state index in [2.05, 4.69) is 21.7 Å². The third kappa shape index (κ3) is 6.29. The molecular weight excluding hydrogens is 471 g/mol. The highest BCUT2D eigenvalue weighted by Crippen LogP contribution is 2.25. The van der Waals surface area contributed by atoms with Gasteiger partial charge in [-0.3, -0.25) is 9.59 Å². The van der Waals surface area contributed by atoms with Crippen molar-refractivity contribution in [3.63, 3.8) is 0 Å². The summed E-state index contributed by atoms with van der Waals surface area (Å²) in [5, 5.41) is 15.7. The number of nitrogens with two attached hydrogens (primary N) is 1. The van der Waals surface area contributed by atoms with Crippen LogP contribution in [0.15, 0.2) is 60.7 Å². The number of pyridine rings is 1. The van der Waals surface area contributed by atoms with Crippen LogP contribution in [0.5, 0.6) is 0 Å². The monoisotopic (exact) mass is 500 g/mol. The molecule has 0 saturated carbocycles. The van der Waals surface area contributed by atoms with Crippen molar-refractivity contribution in [2.75, 3.05) is 31.5 Å². The molecule has 0 bridgehead atoms. The van der Waals surface area contributed by atoms with E-state index in [4.69, 9.17) is 5.73 Å². The Morgan fingerprint density at radius 2 is 2.03 bits per heavy atom. The average Bonchev–Trinajstić information content (AvgIpc) is 3.26. The maximum absolute atomic E-state index is 13.6. The third-order valence-electron chi connectivity index (χ3n) is 6.38. The van der Waals surface area contributed by atoms with Gasteiger partial charge in [0.25, 0.3) is 5.91 Å². The highest BCUT2D eigenvalue weighted by Gasteiger charge is 2.30. The summed E-state index contributed by atoms with van der Waals surface area (Å²) in [5.41, 5.74) is 8.48. The Morgan fingerprint density at radius 1 is 1.19 bits per heavy atom. The molecule has 190 valence electrons. The molecule has 1 atom stereocenters. The highest BCUT2D eigenvalue weighted by molar-refractivity contribution is 5.99. The van der Waals surface area contributed by atoms with Gasteiger partial charge in [0.2, 0.25) is 5.91 Å². The number of amides is 2. The van der Waals surface area contributed by atoms with Crippen molar-refractivity contribution in [3.05, 3.63) is 83.2 Å². The minimum atomic E-state index is -0.326. The topological polar surface area (TPSA) is 124 Å². The lowest BCUT2D eigenvalue weighted by molar-refractivity contribution is -0.128. The average molecular weight is 501 g/mol. The Labute approximate surface area is 215 Å². The van der Waals surface area contributed by atoms with Gasteiger partial charge in [-0.05, 0) is 48.7 Å². The number of carbonyl (C=O) groups excluding carboxylic acids is 2. The van der Waals surface area contributed by atoms with Crippen LogP contribution in [0.1, 0.15) is 34.3 Å².